The summed E-state index contributed by atoms with van der Waals surface area (Å²) in [5.74, 6) is 2.40. The molecule has 0 spiro atoms. The van der Waals surface area contributed by atoms with Gasteiger partial charge in [0.05, 0.1) is 23.8 Å². The van der Waals surface area contributed by atoms with Crippen molar-refractivity contribution in [3.63, 3.8) is 0 Å². The molecule has 4 nitrogen and oxygen atoms in total. The largest absolute Gasteiger partial charge is 0.299 e. The first-order valence-corrected chi connectivity index (χ1v) is 5.38. The van der Waals surface area contributed by atoms with Crippen LogP contribution in [0.2, 0.25) is 0 Å². The van der Waals surface area contributed by atoms with E-state index in [9.17, 15) is 4.79 Å². The van der Waals surface area contributed by atoms with Gasteiger partial charge in [-0.25, -0.2) is 0 Å². The molecule has 0 fully saturated rings. The lowest BCUT2D eigenvalue weighted by Gasteiger charge is -2.04. The van der Waals surface area contributed by atoms with Gasteiger partial charge in [-0.15, -0.1) is 6.42 Å². The molecule has 0 unspecified atom stereocenters. The number of carbonyl (C=O) groups is 1. The Kier molecular flexibility index (Phi) is 4.53. The van der Waals surface area contributed by atoms with Crippen molar-refractivity contribution in [3.8, 4) is 12.3 Å². The molecule has 1 rings (SSSR count). The number of ketones is 1. The third-order valence-corrected chi connectivity index (χ3v) is 2.45. The van der Waals surface area contributed by atoms with E-state index in [-0.39, 0.29) is 12.3 Å². The zero-order valence-corrected chi connectivity index (χ0v) is 10.0. The first kappa shape index (κ1) is 12.0. The number of halogens is 1. The molecule has 0 atom stereocenters. The number of nitrogens with zero attached hydrogens (tertiary/aromatic N) is 2. The highest BCUT2D eigenvalue weighted by Crippen LogP contribution is 2.16. The van der Waals surface area contributed by atoms with Crippen LogP contribution in [-0.2, 0) is 6.54 Å². The molecule has 5 heteroatoms. The van der Waals surface area contributed by atoms with Crippen LogP contribution in [0, 0.1) is 12.3 Å². The van der Waals surface area contributed by atoms with E-state index in [1.54, 1.807) is 10.9 Å². The summed E-state index contributed by atoms with van der Waals surface area (Å²) in [6, 6.07) is 0. The summed E-state index contributed by atoms with van der Waals surface area (Å²) < 4.78 is 2.38. The van der Waals surface area contributed by atoms with Crippen LogP contribution in [0.25, 0.3) is 0 Å². The van der Waals surface area contributed by atoms with Crippen molar-refractivity contribution in [3.05, 3.63) is 16.4 Å². The number of Topliss-reactive ketones (excluding diaryl/α,β-unsaturated/α-hetero) is 1. The topological polar surface area (TPSA) is 46.9 Å². The van der Waals surface area contributed by atoms with Gasteiger partial charge in [0.2, 0.25) is 0 Å². The van der Waals surface area contributed by atoms with Crippen molar-refractivity contribution in [2.45, 2.75) is 13.5 Å². The van der Waals surface area contributed by atoms with Crippen molar-refractivity contribution >= 4 is 21.7 Å². The molecule has 0 saturated heterocycles. The SMILES string of the molecule is C#CCNCC(=O)c1c(Br)cnn1CC. The quantitative estimate of drug-likeness (QED) is 0.494. The van der Waals surface area contributed by atoms with Gasteiger partial charge in [0.25, 0.3) is 0 Å². The minimum absolute atomic E-state index is 0.0172. The highest BCUT2D eigenvalue weighted by atomic mass is 79.9. The van der Waals surface area contributed by atoms with Crippen LogP contribution in [0.1, 0.15) is 17.4 Å². The minimum atomic E-state index is -0.0172. The molecule has 0 saturated carbocycles. The fourth-order valence-corrected chi connectivity index (χ4v) is 1.73. The highest BCUT2D eigenvalue weighted by molar-refractivity contribution is 9.10. The monoisotopic (exact) mass is 269 g/mol. The fraction of sp³-hybridized carbons (Fsp3) is 0.400. The Morgan fingerprint density at radius 3 is 3.13 bits per heavy atom. The minimum Gasteiger partial charge on any atom is -0.299 e. The summed E-state index contributed by atoms with van der Waals surface area (Å²) in [6.45, 7) is 3.23. The van der Waals surface area contributed by atoms with Gasteiger partial charge in [0.1, 0.15) is 5.69 Å². The van der Waals surface area contributed by atoms with E-state index in [2.05, 4.69) is 32.3 Å². The van der Waals surface area contributed by atoms with E-state index < -0.39 is 0 Å². The van der Waals surface area contributed by atoms with E-state index >= 15 is 0 Å². The Morgan fingerprint density at radius 1 is 1.80 bits per heavy atom. The molecular formula is C10H12BrN3O. The lowest BCUT2D eigenvalue weighted by atomic mass is 10.3. The van der Waals surface area contributed by atoms with Crippen LogP contribution in [0.4, 0.5) is 0 Å². The number of carbonyl (C=O) groups excluding carboxylic acids is 1. The molecule has 80 valence electrons. The van der Waals surface area contributed by atoms with Crippen LogP contribution < -0.4 is 5.32 Å². The van der Waals surface area contributed by atoms with Crippen molar-refractivity contribution in [2.24, 2.45) is 0 Å². The summed E-state index contributed by atoms with van der Waals surface area (Å²) in [7, 11) is 0. The molecule has 0 aliphatic heterocycles. The second-order valence-electron chi connectivity index (χ2n) is 2.89. The molecule has 0 aliphatic rings. The zero-order chi connectivity index (χ0) is 11.3. The van der Waals surface area contributed by atoms with Gasteiger partial charge < -0.3 is 0 Å². The number of terminal acetylenes is 1. The molecule has 15 heavy (non-hydrogen) atoms. The van der Waals surface area contributed by atoms with Crippen LogP contribution in [0.15, 0.2) is 10.7 Å². The Bertz CT molecular complexity index is 392. The third kappa shape index (κ3) is 2.91. The van der Waals surface area contributed by atoms with E-state index in [1.807, 2.05) is 6.92 Å². The molecular weight excluding hydrogens is 258 g/mol. The molecule has 1 aromatic heterocycles. The van der Waals surface area contributed by atoms with E-state index in [4.69, 9.17) is 6.42 Å². The molecule has 0 aromatic carbocycles. The standard InChI is InChI=1S/C10H12BrN3O/c1-3-5-12-7-9(15)10-8(11)6-13-14(10)4-2/h1,6,12H,4-5,7H2,2H3. The van der Waals surface area contributed by atoms with Crippen LogP contribution in [-0.4, -0.2) is 28.7 Å². The summed E-state index contributed by atoms with van der Waals surface area (Å²) in [6.07, 6.45) is 6.69. The molecule has 1 N–H and O–H groups in total. The molecule has 1 aromatic rings. The average molecular weight is 270 g/mol. The summed E-state index contributed by atoms with van der Waals surface area (Å²) in [4.78, 5) is 11.8. The summed E-state index contributed by atoms with van der Waals surface area (Å²) >= 11 is 3.30. The van der Waals surface area contributed by atoms with E-state index in [0.29, 0.717) is 18.8 Å². The molecule has 1 heterocycles. The highest BCUT2D eigenvalue weighted by Gasteiger charge is 2.15. The number of nitrogens with one attached hydrogen (secondary N) is 1. The van der Waals surface area contributed by atoms with Crippen LogP contribution >= 0.6 is 15.9 Å². The van der Waals surface area contributed by atoms with Crippen molar-refractivity contribution in [1.29, 1.82) is 0 Å². The maximum atomic E-state index is 11.8. The molecule has 0 radical (unpaired) electrons. The number of aryl methyl sites for hydroxylation is 1. The van der Waals surface area contributed by atoms with Crippen LogP contribution in [0.5, 0.6) is 0 Å². The van der Waals surface area contributed by atoms with Crippen molar-refractivity contribution in [1.82, 2.24) is 15.1 Å². The summed E-state index contributed by atoms with van der Waals surface area (Å²) in [5, 5.41) is 6.92. The number of aromatic nitrogens is 2. The second-order valence-corrected chi connectivity index (χ2v) is 3.74. The molecule has 0 amide bonds. The normalized spacial score (nSPS) is 9.93. The maximum absolute atomic E-state index is 11.8. The predicted molar refractivity (Wildman–Crippen MR) is 61.6 cm³/mol. The van der Waals surface area contributed by atoms with Gasteiger partial charge >= 0.3 is 0 Å². The van der Waals surface area contributed by atoms with Gasteiger partial charge in [-0.2, -0.15) is 5.10 Å². The number of rotatable bonds is 5. The van der Waals surface area contributed by atoms with Gasteiger partial charge in [0, 0.05) is 6.54 Å². The van der Waals surface area contributed by atoms with Crippen LogP contribution in [0.3, 0.4) is 0 Å². The van der Waals surface area contributed by atoms with Gasteiger partial charge in [-0.3, -0.25) is 14.8 Å². The average Bonchev–Trinajstić information content (AvgIpc) is 2.59. The first-order chi connectivity index (χ1) is 7.20. The van der Waals surface area contributed by atoms with Crippen molar-refractivity contribution in [2.75, 3.05) is 13.1 Å². The lowest BCUT2D eigenvalue weighted by molar-refractivity contribution is 0.0981. The zero-order valence-electron chi connectivity index (χ0n) is 8.46. The van der Waals surface area contributed by atoms with E-state index in [0.717, 1.165) is 4.47 Å². The molecule has 0 bridgehead atoms. The van der Waals surface area contributed by atoms with E-state index in [1.165, 1.54) is 0 Å². The Labute approximate surface area is 97.2 Å². The Balaban J connectivity index is 2.73. The van der Waals surface area contributed by atoms with Gasteiger partial charge in [-0.1, -0.05) is 5.92 Å². The Morgan fingerprint density at radius 2 is 2.53 bits per heavy atom. The predicted octanol–water partition coefficient (Wildman–Crippen LogP) is 1.07. The molecule has 0 aliphatic carbocycles. The van der Waals surface area contributed by atoms with Gasteiger partial charge in [0.15, 0.2) is 5.78 Å². The Hall–Kier alpha value is -1.12. The number of hydrogen-bond donors (Lipinski definition) is 1. The van der Waals surface area contributed by atoms with Crippen molar-refractivity contribution < 1.29 is 4.79 Å². The summed E-state index contributed by atoms with van der Waals surface area (Å²) in [5.41, 5.74) is 0.585. The maximum Gasteiger partial charge on any atom is 0.195 e. The first-order valence-electron chi connectivity index (χ1n) is 4.59. The second kappa shape index (κ2) is 5.69. The fourth-order valence-electron chi connectivity index (χ4n) is 1.21. The third-order valence-electron chi connectivity index (χ3n) is 1.87. The number of hydrogen-bond acceptors (Lipinski definition) is 3. The van der Waals surface area contributed by atoms with Gasteiger partial charge in [-0.05, 0) is 22.9 Å². The lowest BCUT2D eigenvalue weighted by Crippen LogP contribution is -2.25. The smallest absolute Gasteiger partial charge is 0.195 e.